The SMILES string of the molecule is CN(C(=O)C1CCN(C(=O)c2ccc(C(F)(F)F)cc2)CC1)C1CC1. The molecule has 1 aliphatic carbocycles. The molecule has 0 spiro atoms. The first-order valence-electron chi connectivity index (χ1n) is 8.50. The van der Waals surface area contributed by atoms with Gasteiger partial charge in [0.1, 0.15) is 0 Å². The maximum atomic E-state index is 12.6. The standard InChI is InChI=1S/C18H21F3N2O2/c1-22(15-6-7-15)16(24)13-8-10-23(11-9-13)17(25)12-2-4-14(5-3-12)18(19,20)21/h2-5,13,15H,6-11H2,1H3. The van der Waals surface area contributed by atoms with Crippen LogP contribution in [0.5, 0.6) is 0 Å². The van der Waals surface area contributed by atoms with Crippen LogP contribution < -0.4 is 0 Å². The lowest BCUT2D eigenvalue weighted by Gasteiger charge is -2.33. The molecule has 0 atom stereocenters. The Labute approximate surface area is 144 Å². The second kappa shape index (κ2) is 6.69. The minimum absolute atomic E-state index is 0.0674. The van der Waals surface area contributed by atoms with Crippen LogP contribution in [0.3, 0.4) is 0 Å². The van der Waals surface area contributed by atoms with Gasteiger partial charge in [-0.05, 0) is 49.9 Å². The topological polar surface area (TPSA) is 40.6 Å². The molecule has 2 aliphatic rings. The minimum Gasteiger partial charge on any atom is -0.343 e. The van der Waals surface area contributed by atoms with Gasteiger partial charge >= 0.3 is 6.18 Å². The number of nitrogens with zero attached hydrogens (tertiary/aromatic N) is 2. The van der Waals surface area contributed by atoms with Gasteiger partial charge in [0.15, 0.2) is 0 Å². The van der Waals surface area contributed by atoms with E-state index in [1.54, 1.807) is 4.90 Å². The van der Waals surface area contributed by atoms with Crippen LogP contribution in [0.2, 0.25) is 0 Å². The monoisotopic (exact) mass is 354 g/mol. The molecule has 136 valence electrons. The van der Waals surface area contributed by atoms with E-state index < -0.39 is 11.7 Å². The van der Waals surface area contributed by atoms with Crippen LogP contribution in [0.25, 0.3) is 0 Å². The highest BCUT2D eigenvalue weighted by molar-refractivity contribution is 5.94. The van der Waals surface area contributed by atoms with Crippen LogP contribution >= 0.6 is 0 Å². The minimum atomic E-state index is -4.41. The molecule has 25 heavy (non-hydrogen) atoms. The Hall–Kier alpha value is -2.05. The zero-order chi connectivity index (χ0) is 18.2. The van der Waals surface area contributed by atoms with E-state index in [-0.39, 0.29) is 23.3 Å². The summed E-state index contributed by atoms with van der Waals surface area (Å²) in [5.74, 6) is -0.207. The third kappa shape index (κ3) is 3.96. The Morgan fingerprint density at radius 2 is 1.60 bits per heavy atom. The largest absolute Gasteiger partial charge is 0.416 e. The fourth-order valence-electron chi connectivity index (χ4n) is 3.24. The van der Waals surface area contributed by atoms with Crippen molar-refractivity contribution in [3.63, 3.8) is 0 Å². The summed E-state index contributed by atoms with van der Waals surface area (Å²) in [7, 11) is 1.83. The van der Waals surface area contributed by atoms with Gasteiger partial charge in [0.25, 0.3) is 5.91 Å². The molecule has 0 N–H and O–H groups in total. The number of piperidine rings is 1. The Bertz CT molecular complexity index is 645. The van der Waals surface area contributed by atoms with Crippen molar-refractivity contribution in [1.29, 1.82) is 0 Å². The molecule has 4 nitrogen and oxygen atoms in total. The lowest BCUT2D eigenvalue weighted by molar-refractivity contribution is -0.137. The van der Waals surface area contributed by atoms with Crippen molar-refractivity contribution in [3.8, 4) is 0 Å². The molecule has 0 radical (unpaired) electrons. The fourth-order valence-corrected chi connectivity index (χ4v) is 3.24. The summed E-state index contributed by atoms with van der Waals surface area (Å²) in [4.78, 5) is 28.2. The molecule has 1 saturated heterocycles. The molecule has 1 aliphatic heterocycles. The Kier molecular flexibility index (Phi) is 4.75. The first kappa shape index (κ1) is 17.8. The molecule has 0 bridgehead atoms. The van der Waals surface area contributed by atoms with Gasteiger partial charge in [-0.3, -0.25) is 9.59 Å². The van der Waals surface area contributed by atoms with E-state index in [9.17, 15) is 22.8 Å². The van der Waals surface area contributed by atoms with Crippen molar-refractivity contribution in [2.45, 2.75) is 37.9 Å². The third-order valence-electron chi connectivity index (χ3n) is 5.03. The van der Waals surface area contributed by atoms with Crippen molar-refractivity contribution in [1.82, 2.24) is 9.80 Å². The average molecular weight is 354 g/mol. The van der Waals surface area contributed by atoms with Gasteiger partial charge in [-0.1, -0.05) is 0 Å². The molecule has 2 amide bonds. The van der Waals surface area contributed by atoms with Gasteiger partial charge in [-0.15, -0.1) is 0 Å². The first-order chi connectivity index (χ1) is 11.8. The van der Waals surface area contributed by atoms with Gasteiger partial charge in [-0.25, -0.2) is 0 Å². The van der Waals surface area contributed by atoms with E-state index in [1.165, 1.54) is 12.1 Å². The van der Waals surface area contributed by atoms with Crippen LogP contribution in [0.15, 0.2) is 24.3 Å². The van der Waals surface area contributed by atoms with Crippen molar-refractivity contribution in [3.05, 3.63) is 35.4 Å². The smallest absolute Gasteiger partial charge is 0.343 e. The van der Waals surface area contributed by atoms with Crippen LogP contribution in [0.1, 0.15) is 41.6 Å². The molecule has 3 rings (SSSR count). The van der Waals surface area contributed by atoms with E-state index in [4.69, 9.17) is 0 Å². The third-order valence-corrected chi connectivity index (χ3v) is 5.03. The van der Waals surface area contributed by atoms with Gasteiger partial charge in [0.2, 0.25) is 5.91 Å². The van der Waals surface area contributed by atoms with E-state index in [2.05, 4.69) is 0 Å². The second-order valence-corrected chi connectivity index (χ2v) is 6.82. The number of hydrogen-bond acceptors (Lipinski definition) is 2. The van der Waals surface area contributed by atoms with Gasteiger partial charge in [0, 0.05) is 37.7 Å². The zero-order valence-electron chi connectivity index (χ0n) is 14.1. The molecule has 1 aromatic rings. The lowest BCUT2D eigenvalue weighted by Crippen LogP contribution is -2.44. The molecule has 2 fully saturated rings. The Morgan fingerprint density at radius 1 is 1.04 bits per heavy atom. The van der Waals surface area contributed by atoms with Crippen molar-refractivity contribution < 1.29 is 22.8 Å². The predicted octanol–water partition coefficient (Wildman–Crippen LogP) is 3.18. The molecular weight excluding hydrogens is 333 g/mol. The number of likely N-dealkylation sites (tertiary alicyclic amines) is 1. The van der Waals surface area contributed by atoms with E-state index in [1.807, 2.05) is 11.9 Å². The summed E-state index contributed by atoms with van der Waals surface area (Å²) in [5, 5.41) is 0. The number of carbonyl (C=O) groups is 2. The van der Waals surface area contributed by atoms with Crippen molar-refractivity contribution in [2.24, 2.45) is 5.92 Å². The normalized spacial score (nSPS) is 19.0. The van der Waals surface area contributed by atoms with E-state index in [0.717, 1.165) is 25.0 Å². The first-order valence-corrected chi connectivity index (χ1v) is 8.50. The van der Waals surface area contributed by atoms with Crippen LogP contribution in [0.4, 0.5) is 13.2 Å². The van der Waals surface area contributed by atoms with Gasteiger partial charge in [-0.2, -0.15) is 13.2 Å². The number of benzene rings is 1. The maximum Gasteiger partial charge on any atom is 0.416 e. The number of rotatable bonds is 3. The van der Waals surface area contributed by atoms with E-state index in [0.29, 0.717) is 32.0 Å². The second-order valence-electron chi connectivity index (χ2n) is 6.82. The molecule has 0 unspecified atom stereocenters. The Morgan fingerprint density at radius 3 is 2.08 bits per heavy atom. The zero-order valence-corrected chi connectivity index (χ0v) is 14.1. The molecule has 1 saturated carbocycles. The fraction of sp³-hybridized carbons (Fsp3) is 0.556. The highest BCUT2D eigenvalue weighted by Gasteiger charge is 2.35. The van der Waals surface area contributed by atoms with Crippen LogP contribution in [-0.4, -0.2) is 47.8 Å². The van der Waals surface area contributed by atoms with Gasteiger partial charge in [0.05, 0.1) is 5.56 Å². The summed E-state index contributed by atoms with van der Waals surface area (Å²) in [6, 6.07) is 4.65. The number of carbonyl (C=O) groups excluding carboxylic acids is 2. The molecule has 1 heterocycles. The quantitative estimate of drug-likeness (QED) is 0.837. The highest BCUT2D eigenvalue weighted by Crippen LogP contribution is 2.30. The average Bonchev–Trinajstić information content (AvgIpc) is 3.44. The summed E-state index contributed by atoms with van der Waals surface area (Å²) in [6.07, 6.45) is -1.08. The summed E-state index contributed by atoms with van der Waals surface area (Å²) in [5.41, 5.74) is -0.524. The summed E-state index contributed by atoms with van der Waals surface area (Å²) in [6.45, 7) is 0.906. The maximum absolute atomic E-state index is 12.6. The number of amides is 2. The summed E-state index contributed by atoms with van der Waals surface area (Å²) >= 11 is 0. The van der Waals surface area contributed by atoms with Crippen molar-refractivity contribution in [2.75, 3.05) is 20.1 Å². The predicted molar refractivity (Wildman–Crippen MR) is 85.9 cm³/mol. The highest BCUT2D eigenvalue weighted by atomic mass is 19.4. The van der Waals surface area contributed by atoms with Gasteiger partial charge < -0.3 is 9.80 Å². The number of halogens is 3. The summed E-state index contributed by atoms with van der Waals surface area (Å²) < 4.78 is 37.8. The lowest BCUT2D eigenvalue weighted by atomic mass is 9.94. The molecular formula is C18H21F3N2O2. The molecule has 0 aromatic heterocycles. The molecule has 1 aromatic carbocycles. The number of hydrogen-bond donors (Lipinski definition) is 0. The molecule has 7 heteroatoms. The van der Waals surface area contributed by atoms with Crippen molar-refractivity contribution >= 4 is 11.8 Å². The number of alkyl halides is 3. The Balaban J connectivity index is 1.57. The van der Waals surface area contributed by atoms with Crippen LogP contribution in [0, 0.1) is 5.92 Å². The van der Waals surface area contributed by atoms with E-state index >= 15 is 0 Å². The van der Waals surface area contributed by atoms with Crippen LogP contribution in [-0.2, 0) is 11.0 Å².